The van der Waals surface area contributed by atoms with E-state index < -0.39 is 11.4 Å². The van der Waals surface area contributed by atoms with E-state index >= 15 is 0 Å². The summed E-state index contributed by atoms with van der Waals surface area (Å²) in [6.07, 6.45) is 5.08. The molecule has 0 bridgehead atoms. The molecule has 15 heavy (non-hydrogen) atoms. The van der Waals surface area contributed by atoms with Gasteiger partial charge in [0.25, 0.3) is 0 Å². The lowest BCUT2D eigenvalue weighted by molar-refractivity contribution is -0.122. The molecule has 4 N–H and O–H groups in total. The van der Waals surface area contributed by atoms with Crippen molar-refractivity contribution < 1.29 is 4.79 Å². The summed E-state index contributed by atoms with van der Waals surface area (Å²) in [5, 5.41) is 4.13. The van der Waals surface area contributed by atoms with Crippen LogP contribution in [0.15, 0.2) is 12.4 Å². The Morgan fingerprint density at radius 1 is 1.73 bits per heavy atom. The lowest BCUT2D eigenvalue weighted by atomic mass is 9.96. The van der Waals surface area contributed by atoms with Crippen molar-refractivity contribution in [3.8, 4) is 0 Å². The normalized spacial score (nSPS) is 14.9. The van der Waals surface area contributed by atoms with Crippen molar-refractivity contribution in [2.75, 3.05) is 0 Å². The quantitative estimate of drug-likeness (QED) is 0.773. The molecule has 5 nitrogen and oxygen atoms in total. The number of nitrogens with two attached hydrogens (primary N) is 2. The average Bonchev–Trinajstić information content (AvgIpc) is 2.51. The zero-order valence-electron chi connectivity index (χ0n) is 8.61. The predicted molar refractivity (Wildman–Crippen MR) is 66.0 cm³/mol. The fourth-order valence-corrected chi connectivity index (χ4v) is 1.64. The van der Waals surface area contributed by atoms with Gasteiger partial charge < -0.3 is 11.5 Å². The minimum absolute atomic E-state index is 0.461. The maximum absolute atomic E-state index is 10.9. The Hall–Kier alpha value is -0.630. The number of carbonyl (C=O) groups is 1. The van der Waals surface area contributed by atoms with Gasteiger partial charge in [-0.2, -0.15) is 5.10 Å². The topological polar surface area (TPSA) is 86.9 Å². The van der Waals surface area contributed by atoms with Crippen molar-refractivity contribution in [2.24, 2.45) is 11.5 Å². The zero-order valence-corrected chi connectivity index (χ0v) is 10.8. The molecule has 0 spiro atoms. The lowest BCUT2D eigenvalue weighted by Crippen LogP contribution is -2.49. The first-order valence-corrected chi connectivity index (χ1v) is 5.76. The van der Waals surface area contributed by atoms with Gasteiger partial charge in [0.15, 0.2) is 0 Å². The molecule has 0 fully saturated rings. The van der Waals surface area contributed by atoms with E-state index in [1.165, 1.54) is 0 Å². The Balaban J connectivity index is 2.36. The summed E-state index contributed by atoms with van der Waals surface area (Å²) < 4.78 is 2.93. The second kappa shape index (κ2) is 4.93. The Bertz CT molecular complexity index is 348. The molecule has 1 aromatic heterocycles. The molecule has 1 aromatic rings. The van der Waals surface area contributed by atoms with Gasteiger partial charge in [-0.05, 0) is 42.4 Å². The van der Waals surface area contributed by atoms with Crippen molar-refractivity contribution in [3.05, 3.63) is 16.0 Å². The molecule has 84 valence electrons. The molecule has 6 heteroatoms. The van der Waals surface area contributed by atoms with Gasteiger partial charge in [0.1, 0.15) is 0 Å². The van der Waals surface area contributed by atoms with Crippen LogP contribution < -0.4 is 11.5 Å². The molecule has 1 amide bonds. The molecule has 1 unspecified atom stereocenters. The molecule has 0 radical (unpaired) electrons. The van der Waals surface area contributed by atoms with E-state index in [0.717, 1.165) is 16.5 Å². The van der Waals surface area contributed by atoms with Crippen LogP contribution in [0.4, 0.5) is 0 Å². The zero-order chi connectivity index (χ0) is 11.5. The van der Waals surface area contributed by atoms with E-state index in [4.69, 9.17) is 11.5 Å². The van der Waals surface area contributed by atoms with Crippen molar-refractivity contribution >= 4 is 28.5 Å². The van der Waals surface area contributed by atoms with Gasteiger partial charge in [-0.15, -0.1) is 0 Å². The largest absolute Gasteiger partial charge is 0.368 e. The molecule has 0 aliphatic carbocycles. The maximum atomic E-state index is 10.9. The Morgan fingerprint density at radius 2 is 2.40 bits per heavy atom. The molecule has 0 aromatic carbocycles. The fraction of sp³-hybridized carbons (Fsp3) is 0.556. The standard InChI is InChI=1S/C9H15IN4O/c1-9(12,8(11)15)3-2-4-14-6-7(10)5-13-14/h5-6H,2-4,12H2,1H3,(H2,11,15). The van der Waals surface area contributed by atoms with Gasteiger partial charge in [0, 0.05) is 12.7 Å². The second-order valence-corrected chi connectivity index (χ2v) is 5.05. The highest BCUT2D eigenvalue weighted by Gasteiger charge is 2.24. The smallest absolute Gasteiger partial charge is 0.237 e. The third-order valence-electron chi connectivity index (χ3n) is 2.25. The summed E-state index contributed by atoms with van der Waals surface area (Å²) in [6.45, 7) is 2.41. The first-order valence-electron chi connectivity index (χ1n) is 4.68. The number of halogens is 1. The molecule has 1 rings (SSSR count). The van der Waals surface area contributed by atoms with E-state index in [9.17, 15) is 4.79 Å². The lowest BCUT2D eigenvalue weighted by Gasteiger charge is -2.19. The summed E-state index contributed by atoms with van der Waals surface area (Å²) in [4.78, 5) is 10.9. The first kappa shape index (κ1) is 12.4. The number of hydrogen-bond acceptors (Lipinski definition) is 3. The highest BCUT2D eigenvalue weighted by atomic mass is 127. The van der Waals surface area contributed by atoms with Crippen molar-refractivity contribution in [3.63, 3.8) is 0 Å². The van der Waals surface area contributed by atoms with E-state index in [0.29, 0.717) is 6.42 Å². The molecule has 0 saturated heterocycles. The van der Waals surface area contributed by atoms with Crippen LogP contribution in [0.25, 0.3) is 0 Å². The minimum Gasteiger partial charge on any atom is -0.368 e. The number of primary amides is 1. The molecule has 1 atom stereocenters. The van der Waals surface area contributed by atoms with Crippen LogP contribution in [0, 0.1) is 3.57 Å². The van der Waals surface area contributed by atoms with E-state index in [1.54, 1.807) is 13.1 Å². The van der Waals surface area contributed by atoms with Crippen molar-refractivity contribution in [1.82, 2.24) is 9.78 Å². The summed E-state index contributed by atoms with van der Waals surface area (Å²) >= 11 is 2.20. The Labute approximate surface area is 102 Å². The number of aryl methyl sites for hydroxylation is 1. The summed E-state index contributed by atoms with van der Waals surface area (Å²) in [6, 6.07) is 0. The molecule has 0 saturated carbocycles. The number of carbonyl (C=O) groups excluding carboxylic acids is 1. The average molecular weight is 322 g/mol. The van der Waals surface area contributed by atoms with Gasteiger partial charge in [-0.25, -0.2) is 0 Å². The SMILES string of the molecule is CC(N)(CCCn1cc(I)cn1)C(N)=O. The number of rotatable bonds is 5. The second-order valence-electron chi connectivity index (χ2n) is 3.81. The monoisotopic (exact) mass is 322 g/mol. The van der Waals surface area contributed by atoms with Crippen LogP contribution in [-0.2, 0) is 11.3 Å². The van der Waals surface area contributed by atoms with Gasteiger partial charge in [-0.1, -0.05) is 0 Å². The fourth-order valence-electron chi connectivity index (χ4n) is 1.19. The van der Waals surface area contributed by atoms with Crippen molar-refractivity contribution in [1.29, 1.82) is 0 Å². The predicted octanol–water partition coefficient (Wildman–Crippen LogP) is 0.471. The number of amides is 1. The number of hydrogen-bond donors (Lipinski definition) is 2. The Morgan fingerprint density at radius 3 is 2.87 bits per heavy atom. The number of aromatic nitrogens is 2. The van der Waals surface area contributed by atoms with E-state index in [1.807, 2.05) is 10.9 Å². The maximum Gasteiger partial charge on any atom is 0.237 e. The molecule has 0 aliphatic rings. The van der Waals surface area contributed by atoms with Crippen LogP contribution in [0.5, 0.6) is 0 Å². The summed E-state index contributed by atoms with van der Waals surface area (Å²) in [5.41, 5.74) is 9.97. The van der Waals surface area contributed by atoms with Crippen molar-refractivity contribution in [2.45, 2.75) is 31.8 Å². The van der Waals surface area contributed by atoms with Crippen LogP contribution in [-0.4, -0.2) is 21.2 Å². The highest BCUT2D eigenvalue weighted by Crippen LogP contribution is 2.09. The van der Waals surface area contributed by atoms with Crippen LogP contribution in [0.1, 0.15) is 19.8 Å². The van der Waals surface area contributed by atoms with E-state index in [2.05, 4.69) is 27.7 Å². The van der Waals surface area contributed by atoms with Gasteiger partial charge in [0.2, 0.25) is 5.91 Å². The third-order valence-corrected chi connectivity index (χ3v) is 2.81. The van der Waals surface area contributed by atoms with Gasteiger partial charge >= 0.3 is 0 Å². The van der Waals surface area contributed by atoms with Gasteiger partial charge in [0.05, 0.1) is 15.3 Å². The van der Waals surface area contributed by atoms with Crippen LogP contribution in [0.3, 0.4) is 0 Å². The first-order chi connectivity index (χ1) is 6.92. The van der Waals surface area contributed by atoms with Gasteiger partial charge in [-0.3, -0.25) is 9.48 Å². The molecule has 0 aliphatic heterocycles. The highest BCUT2D eigenvalue weighted by molar-refractivity contribution is 14.1. The Kier molecular flexibility index (Phi) is 4.09. The number of nitrogens with zero attached hydrogens (tertiary/aromatic N) is 2. The van der Waals surface area contributed by atoms with E-state index in [-0.39, 0.29) is 0 Å². The minimum atomic E-state index is -0.916. The molecule has 1 heterocycles. The summed E-state index contributed by atoms with van der Waals surface area (Å²) in [5.74, 6) is -0.461. The molecular weight excluding hydrogens is 307 g/mol. The summed E-state index contributed by atoms with van der Waals surface area (Å²) in [7, 11) is 0. The van der Waals surface area contributed by atoms with Crippen LogP contribution in [0.2, 0.25) is 0 Å². The third kappa shape index (κ3) is 3.78. The van der Waals surface area contributed by atoms with Crippen LogP contribution >= 0.6 is 22.6 Å². The molecular formula is C9H15IN4O.